The van der Waals surface area contributed by atoms with Crippen LogP contribution in [0, 0.1) is 0 Å². The summed E-state index contributed by atoms with van der Waals surface area (Å²) in [5, 5.41) is 2.85. The van der Waals surface area contributed by atoms with Gasteiger partial charge in [-0.1, -0.05) is 6.07 Å². The van der Waals surface area contributed by atoms with E-state index in [9.17, 15) is 4.79 Å². The molecular formula is C14H14N4O2S. The Labute approximate surface area is 126 Å². The van der Waals surface area contributed by atoms with E-state index in [1.165, 1.54) is 11.9 Å². The molecule has 1 amide bonds. The van der Waals surface area contributed by atoms with Crippen LogP contribution in [0.15, 0.2) is 53.6 Å². The maximum absolute atomic E-state index is 12.0. The summed E-state index contributed by atoms with van der Waals surface area (Å²) in [6.45, 7) is 0. The van der Waals surface area contributed by atoms with Crippen LogP contribution in [0.4, 0.5) is 0 Å². The first-order chi connectivity index (χ1) is 10.3. The van der Waals surface area contributed by atoms with Crippen LogP contribution in [-0.2, 0) is 16.0 Å². The first kappa shape index (κ1) is 13.7. The number of dihydropyridines is 1. The summed E-state index contributed by atoms with van der Waals surface area (Å²) in [5.74, 6) is -0.115. The summed E-state index contributed by atoms with van der Waals surface area (Å²) in [6.07, 6.45) is 8.49. The van der Waals surface area contributed by atoms with Gasteiger partial charge in [0.15, 0.2) is 0 Å². The molecule has 108 valence electrons. The van der Waals surface area contributed by atoms with E-state index in [1.54, 1.807) is 24.9 Å². The number of aliphatic imine (C=N–C) groups is 1. The fourth-order valence-corrected chi connectivity index (χ4v) is 2.71. The molecule has 2 N–H and O–H groups in total. The summed E-state index contributed by atoms with van der Waals surface area (Å²) in [5.41, 5.74) is 1.41. The zero-order chi connectivity index (χ0) is 14.5. The third kappa shape index (κ3) is 3.63. The average Bonchev–Trinajstić information content (AvgIpc) is 2.73. The molecule has 0 radical (unpaired) electrons. The summed E-state index contributed by atoms with van der Waals surface area (Å²) < 4.78 is 8.46. The highest BCUT2D eigenvalue weighted by molar-refractivity contribution is 7.98. The Kier molecular flexibility index (Phi) is 4.20. The van der Waals surface area contributed by atoms with E-state index in [-0.39, 0.29) is 23.8 Å². The zero-order valence-electron chi connectivity index (χ0n) is 11.1. The monoisotopic (exact) mass is 302 g/mol. The molecular weight excluding hydrogens is 288 g/mol. The highest BCUT2D eigenvalue weighted by atomic mass is 32.2. The number of rotatable bonds is 3. The predicted molar refractivity (Wildman–Crippen MR) is 81.2 cm³/mol. The maximum Gasteiger partial charge on any atom is 0.230 e. The summed E-state index contributed by atoms with van der Waals surface area (Å²) >= 11 is 1.49. The molecule has 7 heteroatoms. The van der Waals surface area contributed by atoms with Crippen LogP contribution >= 0.6 is 11.9 Å². The molecule has 3 rings (SSSR count). The third-order valence-corrected chi connectivity index (χ3v) is 3.81. The van der Waals surface area contributed by atoms with E-state index in [0.717, 1.165) is 5.69 Å². The number of nitrogens with zero attached hydrogens (tertiary/aromatic N) is 2. The molecule has 21 heavy (non-hydrogen) atoms. The molecule has 1 aromatic heterocycles. The quantitative estimate of drug-likeness (QED) is 0.819. The second-order valence-electron chi connectivity index (χ2n) is 4.48. The van der Waals surface area contributed by atoms with Crippen LogP contribution in [0.5, 0.6) is 0 Å². The van der Waals surface area contributed by atoms with Crippen molar-refractivity contribution in [3.05, 3.63) is 54.3 Å². The SMILES string of the molecule is O=C(Cc1ccccn1)NC1=CC2SNC=COC2N=C1. The van der Waals surface area contributed by atoms with Gasteiger partial charge in [-0.2, -0.15) is 0 Å². The molecule has 0 saturated carbocycles. The molecule has 2 aliphatic heterocycles. The van der Waals surface area contributed by atoms with Gasteiger partial charge >= 0.3 is 0 Å². The van der Waals surface area contributed by atoms with Crippen molar-refractivity contribution in [1.29, 1.82) is 0 Å². The predicted octanol–water partition coefficient (Wildman–Crippen LogP) is 1.14. The van der Waals surface area contributed by atoms with E-state index in [0.29, 0.717) is 5.70 Å². The first-order valence-corrected chi connectivity index (χ1v) is 7.36. The Morgan fingerprint density at radius 3 is 3.29 bits per heavy atom. The Bertz CT molecular complexity index is 600. The fourth-order valence-electron chi connectivity index (χ4n) is 1.96. The molecule has 6 nitrogen and oxygen atoms in total. The minimum absolute atomic E-state index is 0.00940. The molecule has 2 aliphatic rings. The average molecular weight is 302 g/mol. The van der Waals surface area contributed by atoms with Crippen LogP contribution in [0.1, 0.15) is 5.69 Å². The third-order valence-electron chi connectivity index (χ3n) is 2.90. The summed E-state index contributed by atoms with van der Waals surface area (Å²) in [7, 11) is 0. The van der Waals surface area contributed by atoms with Crippen molar-refractivity contribution in [3.8, 4) is 0 Å². The van der Waals surface area contributed by atoms with Crippen LogP contribution in [-0.4, -0.2) is 28.6 Å². The number of amides is 1. The van der Waals surface area contributed by atoms with Gasteiger partial charge in [0.05, 0.1) is 12.1 Å². The molecule has 0 bridgehead atoms. The van der Waals surface area contributed by atoms with Gasteiger partial charge in [0.1, 0.15) is 11.5 Å². The highest BCUT2D eigenvalue weighted by Gasteiger charge is 2.25. The number of ether oxygens (including phenoxy) is 1. The second-order valence-corrected chi connectivity index (χ2v) is 5.49. The number of hydrogen-bond acceptors (Lipinski definition) is 6. The van der Waals surface area contributed by atoms with Gasteiger partial charge in [-0.25, -0.2) is 4.99 Å². The van der Waals surface area contributed by atoms with Crippen molar-refractivity contribution in [2.45, 2.75) is 17.9 Å². The van der Waals surface area contributed by atoms with Crippen molar-refractivity contribution in [3.63, 3.8) is 0 Å². The number of fused-ring (bicyclic) bond motifs is 1. The summed E-state index contributed by atoms with van der Waals surface area (Å²) in [6, 6.07) is 5.51. The molecule has 1 aromatic rings. The standard InChI is InChI=1S/C14H14N4O2S/c19-13(8-10-3-1-2-4-15-10)18-11-7-12-14(16-9-11)20-6-5-17-21-12/h1-7,9,12,14,17H,8H2,(H,18,19). The van der Waals surface area contributed by atoms with Gasteiger partial charge in [-0.15, -0.1) is 0 Å². The lowest BCUT2D eigenvalue weighted by Gasteiger charge is -2.22. The Hall–Kier alpha value is -2.28. The number of nitrogens with one attached hydrogen (secondary N) is 2. The van der Waals surface area contributed by atoms with Crippen LogP contribution < -0.4 is 10.0 Å². The van der Waals surface area contributed by atoms with Gasteiger partial charge in [0.2, 0.25) is 12.1 Å². The van der Waals surface area contributed by atoms with Crippen molar-refractivity contribution in [2.75, 3.05) is 0 Å². The molecule has 2 atom stereocenters. The summed E-state index contributed by atoms with van der Waals surface area (Å²) in [4.78, 5) is 20.4. The number of carbonyl (C=O) groups excluding carboxylic acids is 1. The van der Waals surface area contributed by atoms with Crippen LogP contribution in [0.25, 0.3) is 0 Å². The van der Waals surface area contributed by atoms with Crippen molar-refractivity contribution < 1.29 is 9.53 Å². The first-order valence-electron chi connectivity index (χ1n) is 6.48. The van der Waals surface area contributed by atoms with Gasteiger partial charge in [0, 0.05) is 24.3 Å². The lowest BCUT2D eigenvalue weighted by Crippen LogP contribution is -2.32. The largest absolute Gasteiger partial charge is 0.473 e. The molecule has 2 unspecified atom stereocenters. The van der Waals surface area contributed by atoms with Crippen molar-refractivity contribution in [1.82, 2.24) is 15.0 Å². The van der Waals surface area contributed by atoms with Gasteiger partial charge in [-0.05, 0) is 30.2 Å². The Morgan fingerprint density at radius 2 is 2.43 bits per heavy atom. The number of pyridine rings is 1. The van der Waals surface area contributed by atoms with E-state index in [4.69, 9.17) is 4.74 Å². The van der Waals surface area contributed by atoms with E-state index >= 15 is 0 Å². The normalized spacial score (nSPS) is 23.1. The molecule has 0 aliphatic carbocycles. The second kappa shape index (κ2) is 6.45. The highest BCUT2D eigenvalue weighted by Crippen LogP contribution is 2.23. The minimum Gasteiger partial charge on any atom is -0.473 e. The van der Waals surface area contributed by atoms with E-state index in [1.807, 2.05) is 24.3 Å². The minimum atomic E-state index is -0.266. The zero-order valence-corrected chi connectivity index (χ0v) is 11.9. The Morgan fingerprint density at radius 1 is 1.48 bits per heavy atom. The van der Waals surface area contributed by atoms with Gasteiger partial charge < -0.3 is 14.8 Å². The molecule has 3 heterocycles. The number of allylic oxidation sites excluding steroid dienone is 1. The smallest absolute Gasteiger partial charge is 0.230 e. The lowest BCUT2D eigenvalue weighted by molar-refractivity contribution is -0.119. The number of aromatic nitrogens is 1. The van der Waals surface area contributed by atoms with Crippen molar-refractivity contribution >= 4 is 24.1 Å². The molecule has 0 saturated heterocycles. The Balaban J connectivity index is 1.60. The van der Waals surface area contributed by atoms with Gasteiger partial charge in [-0.3, -0.25) is 9.78 Å². The fraction of sp³-hybridized carbons (Fsp3) is 0.214. The van der Waals surface area contributed by atoms with Crippen LogP contribution in [0.2, 0.25) is 0 Å². The van der Waals surface area contributed by atoms with Crippen molar-refractivity contribution in [2.24, 2.45) is 4.99 Å². The molecule has 0 fully saturated rings. The number of carbonyl (C=O) groups is 1. The lowest BCUT2D eigenvalue weighted by atomic mass is 10.2. The van der Waals surface area contributed by atoms with E-state index < -0.39 is 0 Å². The van der Waals surface area contributed by atoms with Gasteiger partial charge in [0.25, 0.3) is 0 Å². The molecule has 0 spiro atoms. The van der Waals surface area contributed by atoms with E-state index in [2.05, 4.69) is 20.0 Å². The number of hydrogen-bond donors (Lipinski definition) is 2. The molecule has 0 aromatic carbocycles. The maximum atomic E-state index is 12.0. The van der Waals surface area contributed by atoms with Crippen LogP contribution in [0.3, 0.4) is 0 Å². The topological polar surface area (TPSA) is 75.6 Å².